The Labute approximate surface area is 169 Å². The van der Waals surface area contributed by atoms with Crippen LogP contribution in [0.4, 0.5) is 5.69 Å². The minimum Gasteiger partial charge on any atom is -0.495 e. The van der Waals surface area contributed by atoms with Crippen LogP contribution in [0.2, 0.25) is 5.02 Å². The lowest BCUT2D eigenvalue weighted by atomic mass is 9.48. The highest BCUT2D eigenvalue weighted by Crippen LogP contribution is 2.62. The van der Waals surface area contributed by atoms with E-state index in [1.54, 1.807) is 25.1 Å². The molecule has 4 fully saturated rings. The lowest BCUT2D eigenvalue weighted by Crippen LogP contribution is -2.59. The Bertz CT molecular complexity index is 796. The summed E-state index contributed by atoms with van der Waals surface area (Å²) >= 11 is 6.08. The third-order valence-corrected chi connectivity index (χ3v) is 6.83. The number of carbonyl (C=O) groups is 2. The summed E-state index contributed by atoms with van der Waals surface area (Å²) in [6.45, 7) is 1.56. The Morgan fingerprint density at radius 2 is 1.93 bits per heavy atom. The number of halogens is 1. The summed E-state index contributed by atoms with van der Waals surface area (Å²) in [4.78, 5) is 25.5. The lowest BCUT2D eigenvalue weighted by molar-refractivity contribution is -0.199. The van der Waals surface area contributed by atoms with E-state index < -0.39 is 23.0 Å². The maximum atomic E-state index is 13.0. The van der Waals surface area contributed by atoms with Gasteiger partial charge in [0.2, 0.25) is 0 Å². The summed E-state index contributed by atoms with van der Waals surface area (Å²) in [6.07, 6.45) is 3.69. The molecule has 6 nitrogen and oxygen atoms in total. The average Bonchev–Trinajstić information content (AvgIpc) is 2.59. The van der Waals surface area contributed by atoms with E-state index in [1.807, 2.05) is 0 Å². The Morgan fingerprint density at radius 3 is 2.50 bits per heavy atom. The van der Waals surface area contributed by atoms with Crippen molar-refractivity contribution in [3.05, 3.63) is 23.2 Å². The number of carbonyl (C=O) groups excluding carboxylic acids is 2. The molecule has 4 aliphatic carbocycles. The van der Waals surface area contributed by atoms with Gasteiger partial charge in [0.25, 0.3) is 5.91 Å². The zero-order chi connectivity index (χ0) is 20.1. The molecule has 28 heavy (non-hydrogen) atoms. The summed E-state index contributed by atoms with van der Waals surface area (Å²) in [5.41, 5.74) is -0.881. The van der Waals surface area contributed by atoms with Gasteiger partial charge in [0.1, 0.15) is 5.75 Å². The van der Waals surface area contributed by atoms with Crippen molar-refractivity contribution in [3.8, 4) is 5.75 Å². The number of anilines is 1. The van der Waals surface area contributed by atoms with E-state index in [1.165, 1.54) is 7.11 Å². The number of nitrogens with one attached hydrogen (secondary N) is 1. The summed E-state index contributed by atoms with van der Waals surface area (Å²) in [6, 6.07) is 4.91. The van der Waals surface area contributed by atoms with Gasteiger partial charge in [-0.25, -0.2) is 0 Å². The number of rotatable bonds is 5. The summed E-state index contributed by atoms with van der Waals surface area (Å²) in [5, 5.41) is 13.9. The first kappa shape index (κ1) is 19.5. The molecule has 4 bridgehead atoms. The SMILES string of the molecule is COc1ccc(NC(=O)[C@@H](C)OC(=O)C23C[C@@H]4C[C@@H](CC(O)(C4)C2)C3)cc1Cl. The molecule has 1 amide bonds. The molecular weight excluding hydrogens is 382 g/mol. The van der Waals surface area contributed by atoms with Crippen molar-refractivity contribution in [2.45, 2.75) is 57.2 Å². The van der Waals surface area contributed by atoms with Crippen LogP contribution in [0.5, 0.6) is 5.75 Å². The molecule has 152 valence electrons. The molecule has 0 aliphatic heterocycles. The van der Waals surface area contributed by atoms with Crippen LogP contribution in [-0.4, -0.2) is 35.8 Å². The normalized spacial score (nSPS) is 34.0. The van der Waals surface area contributed by atoms with E-state index in [0.717, 1.165) is 32.1 Å². The van der Waals surface area contributed by atoms with E-state index in [-0.39, 0.29) is 5.97 Å². The Kier molecular flexibility index (Phi) is 4.82. The predicted octanol–water partition coefficient (Wildman–Crippen LogP) is 3.55. The van der Waals surface area contributed by atoms with Gasteiger partial charge in [0, 0.05) is 5.69 Å². The second kappa shape index (κ2) is 6.92. The fraction of sp³-hybridized carbons (Fsp3) is 0.619. The van der Waals surface area contributed by atoms with Gasteiger partial charge >= 0.3 is 5.97 Å². The first-order valence-electron chi connectivity index (χ1n) is 9.80. The minimum atomic E-state index is -0.934. The van der Waals surface area contributed by atoms with Crippen molar-refractivity contribution in [2.24, 2.45) is 17.3 Å². The van der Waals surface area contributed by atoms with E-state index in [0.29, 0.717) is 34.7 Å². The minimum absolute atomic E-state index is 0.351. The van der Waals surface area contributed by atoms with Crippen LogP contribution in [0.15, 0.2) is 18.2 Å². The predicted molar refractivity (Wildman–Crippen MR) is 104 cm³/mol. The first-order valence-corrected chi connectivity index (χ1v) is 10.2. The van der Waals surface area contributed by atoms with E-state index in [2.05, 4.69) is 5.32 Å². The number of benzene rings is 1. The van der Waals surface area contributed by atoms with Gasteiger partial charge in [-0.15, -0.1) is 0 Å². The van der Waals surface area contributed by atoms with Crippen LogP contribution in [0, 0.1) is 17.3 Å². The van der Waals surface area contributed by atoms with Gasteiger partial charge in [-0.3, -0.25) is 9.59 Å². The van der Waals surface area contributed by atoms with Crippen molar-refractivity contribution >= 4 is 29.2 Å². The molecule has 4 aliphatic rings. The number of hydrogen-bond acceptors (Lipinski definition) is 5. The second-order valence-corrected chi connectivity index (χ2v) is 9.26. The van der Waals surface area contributed by atoms with Crippen LogP contribution in [0.25, 0.3) is 0 Å². The molecule has 2 N–H and O–H groups in total. The number of amides is 1. The molecule has 0 heterocycles. The standard InChI is InChI=1S/C21H26ClNO5/c1-12(18(24)23-15-3-4-17(27-2)16(22)6-15)28-19(25)20-7-13-5-14(8-20)10-21(26,9-13)11-20/h3-4,6,12-14,26H,5,7-11H2,1-2H3,(H,23,24)/t12-,13-,14+,20?,21?/m1/s1. The molecule has 1 aromatic carbocycles. The zero-order valence-corrected chi connectivity index (χ0v) is 16.9. The molecule has 1 aromatic rings. The molecule has 0 saturated heterocycles. The fourth-order valence-corrected chi connectivity index (χ4v) is 6.04. The number of methoxy groups -OCH3 is 1. The maximum Gasteiger partial charge on any atom is 0.312 e. The van der Waals surface area contributed by atoms with Gasteiger partial charge in [-0.05, 0) is 75.5 Å². The van der Waals surface area contributed by atoms with Crippen LogP contribution in [0.1, 0.15) is 45.4 Å². The monoisotopic (exact) mass is 407 g/mol. The highest BCUT2D eigenvalue weighted by Gasteiger charge is 2.61. The van der Waals surface area contributed by atoms with Gasteiger partial charge in [-0.2, -0.15) is 0 Å². The van der Waals surface area contributed by atoms with Gasteiger partial charge in [0.05, 0.1) is 23.1 Å². The second-order valence-electron chi connectivity index (χ2n) is 8.85. The Balaban J connectivity index is 1.40. The van der Waals surface area contributed by atoms with E-state index in [9.17, 15) is 14.7 Å². The van der Waals surface area contributed by atoms with Gasteiger partial charge < -0.3 is 19.9 Å². The van der Waals surface area contributed by atoms with E-state index >= 15 is 0 Å². The number of hydrogen-bond donors (Lipinski definition) is 2. The molecule has 0 radical (unpaired) electrons. The molecule has 0 aromatic heterocycles. The zero-order valence-electron chi connectivity index (χ0n) is 16.2. The lowest BCUT2D eigenvalue weighted by Gasteiger charge is -2.58. The highest BCUT2D eigenvalue weighted by molar-refractivity contribution is 6.32. The molecule has 5 rings (SSSR count). The molecule has 2 unspecified atom stereocenters. The van der Waals surface area contributed by atoms with Crippen LogP contribution < -0.4 is 10.1 Å². The molecule has 5 atom stereocenters. The molecule has 0 spiro atoms. The van der Waals surface area contributed by atoms with Crippen LogP contribution in [0.3, 0.4) is 0 Å². The van der Waals surface area contributed by atoms with Gasteiger partial charge in [-0.1, -0.05) is 11.6 Å². The number of esters is 1. The summed E-state index contributed by atoms with van der Waals surface area (Å²) in [5.74, 6) is 0.501. The quantitative estimate of drug-likeness (QED) is 0.729. The van der Waals surface area contributed by atoms with Crippen molar-refractivity contribution in [1.82, 2.24) is 0 Å². The van der Waals surface area contributed by atoms with Crippen LogP contribution >= 0.6 is 11.6 Å². The van der Waals surface area contributed by atoms with E-state index in [4.69, 9.17) is 21.1 Å². The molecule has 4 saturated carbocycles. The maximum absolute atomic E-state index is 13.0. The largest absolute Gasteiger partial charge is 0.495 e. The molecule has 7 heteroatoms. The Hall–Kier alpha value is -1.79. The van der Waals surface area contributed by atoms with Crippen molar-refractivity contribution in [2.75, 3.05) is 12.4 Å². The third kappa shape index (κ3) is 3.48. The third-order valence-electron chi connectivity index (χ3n) is 6.54. The first-order chi connectivity index (χ1) is 13.2. The number of aliphatic hydroxyl groups is 1. The average molecular weight is 408 g/mol. The highest BCUT2D eigenvalue weighted by atomic mass is 35.5. The number of ether oxygens (including phenoxy) is 2. The topological polar surface area (TPSA) is 84.9 Å². The summed E-state index contributed by atoms with van der Waals surface area (Å²) < 4.78 is 10.7. The fourth-order valence-electron chi connectivity index (χ4n) is 5.78. The van der Waals surface area contributed by atoms with Crippen molar-refractivity contribution in [1.29, 1.82) is 0 Å². The summed E-state index contributed by atoms with van der Waals surface area (Å²) in [7, 11) is 1.52. The Morgan fingerprint density at radius 1 is 1.25 bits per heavy atom. The smallest absolute Gasteiger partial charge is 0.312 e. The van der Waals surface area contributed by atoms with Crippen molar-refractivity contribution < 1.29 is 24.2 Å². The molecular formula is C21H26ClNO5. The van der Waals surface area contributed by atoms with Gasteiger partial charge in [0.15, 0.2) is 6.10 Å². The van der Waals surface area contributed by atoms with Crippen LogP contribution in [-0.2, 0) is 14.3 Å². The van der Waals surface area contributed by atoms with Crippen molar-refractivity contribution in [3.63, 3.8) is 0 Å².